The number of hydrogen-bond acceptors (Lipinski definition) is 6. The Bertz CT molecular complexity index is 1000. The molecule has 0 unspecified atom stereocenters. The molecule has 0 bridgehead atoms. The monoisotopic (exact) mass is 412 g/mol. The van der Waals surface area contributed by atoms with Crippen LogP contribution >= 0.6 is 0 Å². The quantitative estimate of drug-likeness (QED) is 0.626. The van der Waals surface area contributed by atoms with Crippen molar-refractivity contribution in [1.29, 1.82) is 0 Å². The van der Waals surface area contributed by atoms with E-state index in [1.165, 1.54) is 0 Å². The van der Waals surface area contributed by atoms with E-state index >= 15 is 0 Å². The number of carbonyl (C=O) groups is 1. The first-order valence-electron chi connectivity index (χ1n) is 10.3. The number of nitrogens with one attached hydrogen (secondary N) is 1. The molecule has 0 aliphatic carbocycles. The maximum absolute atomic E-state index is 12.3. The van der Waals surface area contributed by atoms with E-state index in [1.54, 1.807) is 9.58 Å². The second-order valence-corrected chi connectivity index (χ2v) is 7.69. The molecule has 9 nitrogen and oxygen atoms in total. The van der Waals surface area contributed by atoms with Crippen molar-refractivity contribution in [3.63, 3.8) is 0 Å². The summed E-state index contributed by atoms with van der Waals surface area (Å²) in [5.74, 6) is 0. The molecule has 1 amide bonds. The van der Waals surface area contributed by atoms with E-state index in [-0.39, 0.29) is 18.8 Å². The van der Waals surface area contributed by atoms with Crippen LogP contribution in [-0.2, 0) is 16.5 Å². The van der Waals surface area contributed by atoms with E-state index in [4.69, 9.17) is 9.47 Å². The van der Waals surface area contributed by atoms with E-state index in [2.05, 4.69) is 26.0 Å². The Hall–Kier alpha value is -3.07. The topological polar surface area (TPSA) is 88.5 Å². The number of anilines is 1. The first-order valence-corrected chi connectivity index (χ1v) is 10.3. The standard InChI is InChI=1S/C21H28N6O3/c1-15(2)29-10-11-30-21(28)27-8-6-26(7-9-27)19-4-5-22-20-17(19)12-18(24-20)16-13-23-25(3)14-16/h4-5,12-15H,6-11H2,1-3H3,(H,22,24). The van der Waals surface area contributed by atoms with Crippen molar-refractivity contribution in [3.8, 4) is 11.3 Å². The van der Waals surface area contributed by atoms with Crippen LogP contribution in [0.3, 0.4) is 0 Å². The number of amides is 1. The maximum atomic E-state index is 12.3. The normalized spacial score (nSPS) is 14.7. The Morgan fingerprint density at radius 1 is 1.23 bits per heavy atom. The minimum absolute atomic E-state index is 0.136. The van der Waals surface area contributed by atoms with Gasteiger partial charge in [0.15, 0.2) is 0 Å². The van der Waals surface area contributed by atoms with Crippen LogP contribution in [0.4, 0.5) is 10.5 Å². The summed E-state index contributed by atoms with van der Waals surface area (Å²) in [6.07, 6.45) is 5.48. The van der Waals surface area contributed by atoms with Crippen molar-refractivity contribution < 1.29 is 14.3 Å². The second-order valence-electron chi connectivity index (χ2n) is 7.69. The molecule has 0 atom stereocenters. The molecule has 1 aliphatic rings. The van der Waals surface area contributed by atoms with Gasteiger partial charge in [0.2, 0.25) is 0 Å². The van der Waals surface area contributed by atoms with Crippen LogP contribution in [0, 0.1) is 0 Å². The highest BCUT2D eigenvalue weighted by molar-refractivity contribution is 5.93. The molecule has 4 rings (SSSR count). The summed E-state index contributed by atoms with van der Waals surface area (Å²) in [5.41, 5.74) is 3.97. The Kier molecular flexibility index (Phi) is 5.89. The third-order valence-electron chi connectivity index (χ3n) is 5.16. The summed E-state index contributed by atoms with van der Waals surface area (Å²) >= 11 is 0. The molecule has 3 aromatic rings. The fraction of sp³-hybridized carbons (Fsp3) is 0.476. The molecule has 9 heteroatoms. The number of ether oxygens (including phenoxy) is 2. The summed E-state index contributed by atoms with van der Waals surface area (Å²) in [6, 6.07) is 4.14. The second kappa shape index (κ2) is 8.74. The van der Waals surface area contributed by atoms with Gasteiger partial charge in [-0.3, -0.25) is 4.68 Å². The van der Waals surface area contributed by atoms with Crippen LogP contribution in [0.1, 0.15) is 13.8 Å². The van der Waals surface area contributed by atoms with Crippen molar-refractivity contribution in [2.24, 2.45) is 7.05 Å². The van der Waals surface area contributed by atoms with Crippen molar-refractivity contribution in [2.45, 2.75) is 20.0 Å². The Morgan fingerprint density at radius 3 is 2.73 bits per heavy atom. The Labute approximate surface area is 175 Å². The first-order chi connectivity index (χ1) is 14.5. The van der Waals surface area contributed by atoms with E-state index in [1.807, 2.05) is 45.6 Å². The van der Waals surface area contributed by atoms with Gasteiger partial charge >= 0.3 is 6.09 Å². The van der Waals surface area contributed by atoms with Gasteiger partial charge in [0.05, 0.1) is 24.6 Å². The van der Waals surface area contributed by atoms with Crippen molar-refractivity contribution in [2.75, 3.05) is 44.3 Å². The number of carbonyl (C=O) groups excluding carboxylic acids is 1. The van der Waals surface area contributed by atoms with E-state index in [0.717, 1.165) is 41.1 Å². The summed E-state index contributed by atoms with van der Waals surface area (Å²) in [7, 11) is 1.90. The van der Waals surface area contributed by atoms with Gasteiger partial charge in [-0.2, -0.15) is 5.10 Å². The highest BCUT2D eigenvalue weighted by Gasteiger charge is 2.24. The zero-order valence-corrected chi connectivity index (χ0v) is 17.7. The van der Waals surface area contributed by atoms with E-state index in [9.17, 15) is 4.79 Å². The van der Waals surface area contributed by atoms with Crippen LogP contribution in [0.2, 0.25) is 0 Å². The first kappa shape index (κ1) is 20.2. The highest BCUT2D eigenvalue weighted by Crippen LogP contribution is 2.30. The molecule has 0 spiro atoms. The lowest BCUT2D eigenvalue weighted by Gasteiger charge is -2.35. The molecular formula is C21H28N6O3. The third kappa shape index (κ3) is 4.40. The lowest BCUT2D eigenvalue weighted by molar-refractivity contribution is 0.0288. The minimum Gasteiger partial charge on any atom is -0.447 e. The molecule has 1 saturated heterocycles. The summed E-state index contributed by atoms with van der Waals surface area (Å²) in [6.45, 7) is 7.34. The smallest absolute Gasteiger partial charge is 0.409 e. The molecule has 4 heterocycles. The van der Waals surface area contributed by atoms with Gasteiger partial charge in [-0.1, -0.05) is 0 Å². The number of piperazine rings is 1. The third-order valence-corrected chi connectivity index (χ3v) is 5.16. The summed E-state index contributed by atoms with van der Waals surface area (Å²) < 4.78 is 12.5. The molecule has 1 fully saturated rings. The van der Waals surface area contributed by atoms with Crippen molar-refractivity contribution in [1.82, 2.24) is 24.6 Å². The molecule has 1 N–H and O–H groups in total. The van der Waals surface area contributed by atoms with Crippen LogP contribution < -0.4 is 4.90 Å². The van der Waals surface area contributed by atoms with Gasteiger partial charge in [-0.25, -0.2) is 9.78 Å². The van der Waals surface area contributed by atoms with Gasteiger partial charge in [-0.15, -0.1) is 0 Å². The molecule has 0 saturated carbocycles. The fourth-order valence-corrected chi connectivity index (χ4v) is 3.64. The molecule has 3 aromatic heterocycles. The zero-order valence-electron chi connectivity index (χ0n) is 17.7. The Morgan fingerprint density at radius 2 is 2.03 bits per heavy atom. The molecule has 0 radical (unpaired) electrons. The predicted octanol–water partition coefficient (Wildman–Crippen LogP) is 2.65. The van der Waals surface area contributed by atoms with Gasteiger partial charge in [0.25, 0.3) is 0 Å². The average molecular weight is 412 g/mol. The number of aromatic amines is 1. The molecule has 1 aliphatic heterocycles. The van der Waals surface area contributed by atoms with Gasteiger partial charge < -0.3 is 24.3 Å². The number of pyridine rings is 1. The van der Waals surface area contributed by atoms with Crippen LogP contribution in [-0.4, -0.2) is 76.2 Å². The molecule has 30 heavy (non-hydrogen) atoms. The minimum atomic E-state index is -0.276. The molecular weight excluding hydrogens is 384 g/mol. The van der Waals surface area contributed by atoms with Gasteiger partial charge in [0.1, 0.15) is 12.3 Å². The number of nitrogens with zero attached hydrogens (tertiary/aromatic N) is 5. The van der Waals surface area contributed by atoms with E-state index in [0.29, 0.717) is 19.7 Å². The number of hydrogen-bond donors (Lipinski definition) is 1. The Balaban J connectivity index is 1.40. The maximum Gasteiger partial charge on any atom is 0.409 e. The molecule has 0 aromatic carbocycles. The molecule has 160 valence electrons. The van der Waals surface area contributed by atoms with Crippen LogP contribution in [0.25, 0.3) is 22.3 Å². The lowest BCUT2D eigenvalue weighted by atomic mass is 10.2. The SMILES string of the molecule is CC(C)OCCOC(=O)N1CCN(c2ccnc3[nH]c(-c4cnn(C)c4)cc23)CC1. The largest absolute Gasteiger partial charge is 0.447 e. The number of H-pyrrole nitrogens is 1. The summed E-state index contributed by atoms with van der Waals surface area (Å²) in [5, 5.41) is 5.31. The number of aromatic nitrogens is 4. The lowest BCUT2D eigenvalue weighted by Crippen LogP contribution is -2.49. The van der Waals surface area contributed by atoms with Gasteiger partial charge in [0, 0.05) is 62.3 Å². The predicted molar refractivity (Wildman–Crippen MR) is 115 cm³/mol. The number of fused-ring (bicyclic) bond motifs is 1. The zero-order chi connectivity index (χ0) is 21.1. The highest BCUT2D eigenvalue weighted by atomic mass is 16.6. The van der Waals surface area contributed by atoms with Crippen LogP contribution in [0.15, 0.2) is 30.7 Å². The van der Waals surface area contributed by atoms with Crippen molar-refractivity contribution >= 4 is 22.8 Å². The van der Waals surface area contributed by atoms with E-state index < -0.39 is 0 Å². The average Bonchev–Trinajstić information content (AvgIpc) is 3.37. The fourth-order valence-electron chi connectivity index (χ4n) is 3.64. The number of rotatable bonds is 6. The van der Waals surface area contributed by atoms with Gasteiger partial charge in [-0.05, 0) is 26.0 Å². The number of aryl methyl sites for hydroxylation is 1. The summed E-state index contributed by atoms with van der Waals surface area (Å²) in [4.78, 5) is 24.2. The van der Waals surface area contributed by atoms with Crippen molar-refractivity contribution in [3.05, 3.63) is 30.7 Å². The van der Waals surface area contributed by atoms with Crippen LogP contribution in [0.5, 0.6) is 0 Å².